The molecule has 3 N–H and O–H groups in total. The molecule has 0 fully saturated rings. The average Bonchev–Trinajstić information content (AvgIpc) is 2.37. The number of benzene rings is 1. The van der Waals surface area contributed by atoms with E-state index in [1.807, 2.05) is 0 Å². The lowest BCUT2D eigenvalue weighted by Crippen LogP contribution is -2.49. The molecule has 2 atom stereocenters. The molecule has 7 heteroatoms. The number of fused-ring (bicyclic) bond motifs is 1. The Morgan fingerprint density at radius 2 is 2.05 bits per heavy atom. The summed E-state index contributed by atoms with van der Waals surface area (Å²) in [7, 11) is 0. The molecule has 1 aliphatic heterocycles. The Balaban J connectivity index is 2.43. The van der Waals surface area contributed by atoms with Crippen LogP contribution in [-0.2, 0) is 4.79 Å². The minimum absolute atomic E-state index is 0.00626. The van der Waals surface area contributed by atoms with Gasteiger partial charge in [0.05, 0.1) is 40.7 Å². The number of halogens is 2. The van der Waals surface area contributed by atoms with E-state index in [4.69, 9.17) is 28.3 Å². The van der Waals surface area contributed by atoms with Gasteiger partial charge in [-0.15, -0.1) is 0 Å². The molecule has 2 rings (SSSR count). The Hall–Kier alpha value is -1.01. The van der Waals surface area contributed by atoms with Gasteiger partial charge in [-0.1, -0.05) is 23.2 Å². The fraction of sp³-hybridized carbons (Fsp3) is 0.417. The molecule has 1 heterocycles. The van der Waals surface area contributed by atoms with Gasteiger partial charge in [-0.3, -0.25) is 4.79 Å². The van der Waals surface area contributed by atoms with Crippen molar-refractivity contribution in [2.45, 2.75) is 19.1 Å². The molecule has 2 unspecified atom stereocenters. The number of carbonyl (C=O) groups excluding carboxylic acids is 1. The molecule has 0 radical (unpaired) electrons. The molecule has 0 saturated heterocycles. The Morgan fingerprint density at radius 1 is 1.42 bits per heavy atom. The predicted octanol–water partition coefficient (Wildman–Crippen LogP) is 1.49. The number of aliphatic hydroxyl groups is 2. The summed E-state index contributed by atoms with van der Waals surface area (Å²) in [5.74, 6) is -0.196. The second-order valence-corrected chi connectivity index (χ2v) is 5.25. The van der Waals surface area contributed by atoms with Gasteiger partial charge in [-0.05, 0) is 19.1 Å². The minimum atomic E-state index is -1.00. The third-order valence-electron chi connectivity index (χ3n) is 2.94. The molecular weight excluding hydrogens is 291 g/mol. The summed E-state index contributed by atoms with van der Waals surface area (Å²) in [5.41, 5.74) is 1.22. The standard InChI is InChI=1S/C12H14Cl2N2O3/c1-6-12(19)16(4-7(18)5-17)11-3-9(14)8(13)2-10(11)15-6/h2-3,6-7,15,17-18H,4-5H2,1H3. The highest BCUT2D eigenvalue weighted by Crippen LogP contribution is 2.38. The van der Waals surface area contributed by atoms with Crippen molar-refractivity contribution in [3.8, 4) is 0 Å². The smallest absolute Gasteiger partial charge is 0.249 e. The van der Waals surface area contributed by atoms with E-state index < -0.39 is 18.8 Å². The molecule has 0 spiro atoms. The normalized spacial score (nSPS) is 19.9. The first kappa shape index (κ1) is 14.4. The van der Waals surface area contributed by atoms with E-state index in [9.17, 15) is 9.90 Å². The third-order valence-corrected chi connectivity index (χ3v) is 3.66. The molecule has 0 aliphatic carbocycles. The Morgan fingerprint density at radius 3 is 2.68 bits per heavy atom. The fourth-order valence-electron chi connectivity index (χ4n) is 1.98. The number of nitrogens with zero attached hydrogens (tertiary/aromatic N) is 1. The quantitative estimate of drug-likeness (QED) is 0.791. The monoisotopic (exact) mass is 304 g/mol. The van der Waals surface area contributed by atoms with E-state index in [-0.39, 0.29) is 12.5 Å². The molecule has 104 valence electrons. The Kier molecular flexibility index (Phi) is 4.20. The van der Waals surface area contributed by atoms with Crippen LogP contribution in [0.25, 0.3) is 0 Å². The highest BCUT2D eigenvalue weighted by Gasteiger charge is 2.31. The number of hydrogen-bond acceptors (Lipinski definition) is 4. The molecule has 0 aromatic heterocycles. The van der Waals surface area contributed by atoms with Crippen molar-refractivity contribution in [2.75, 3.05) is 23.4 Å². The highest BCUT2D eigenvalue weighted by atomic mass is 35.5. The lowest BCUT2D eigenvalue weighted by molar-refractivity contribution is -0.119. The van der Waals surface area contributed by atoms with E-state index in [0.29, 0.717) is 21.4 Å². The van der Waals surface area contributed by atoms with Gasteiger partial charge in [0, 0.05) is 0 Å². The lowest BCUT2D eigenvalue weighted by Gasteiger charge is -2.35. The summed E-state index contributed by atoms with van der Waals surface area (Å²) in [5, 5.41) is 22.2. The van der Waals surface area contributed by atoms with E-state index in [1.165, 1.54) is 4.90 Å². The number of hydrogen-bond donors (Lipinski definition) is 3. The van der Waals surface area contributed by atoms with Crippen molar-refractivity contribution in [2.24, 2.45) is 0 Å². The number of carbonyl (C=O) groups is 1. The first-order valence-electron chi connectivity index (χ1n) is 5.80. The molecule has 1 aromatic rings. The van der Waals surface area contributed by atoms with Gasteiger partial charge >= 0.3 is 0 Å². The van der Waals surface area contributed by atoms with Crippen LogP contribution in [0.2, 0.25) is 10.0 Å². The third kappa shape index (κ3) is 2.79. The van der Waals surface area contributed by atoms with Gasteiger partial charge in [0.1, 0.15) is 6.04 Å². The maximum atomic E-state index is 12.1. The molecule has 19 heavy (non-hydrogen) atoms. The number of amides is 1. The largest absolute Gasteiger partial charge is 0.394 e. The van der Waals surface area contributed by atoms with Gasteiger partial charge in [0.25, 0.3) is 0 Å². The number of β-amino-alcohol motifs (C(OH)–C–C–N with tert-alkyl or cyclic N) is 1. The van der Waals surface area contributed by atoms with Crippen molar-refractivity contribution in [3.63, 3.8) is 0 Å². The van der Waals surface area contributed by atoms with Gasteiger partial charge in [-0.2, -0.15) is 0 Å². The van der Waals surface area contributed by atoms with Crippen molar-refractivity contribution < 1.29 is 15.0 Å². The zero-order chi connectivity index (χ0) is 14.2. The average molecular weight is 305 g/mol. The first-order chi connectivity index (χ1) is 8.93. The minimum Gasteiger partial charge on any atom is -0.394 e. The topological polar surface area (TPSA) is 72.8 Å². The summed E-state index contributed by atoms with van der Waals surface area (Å²) < 4.78 is 0. The highest BCUT2D eigenvalue weighted by molar-refractivity contribution is 6.42. The van der Waals surface area contributed by atoms with Crippen LogP contribution in [0, 0.1) is 0 Å². The summed E-state index contributed by atoms with van der Waals surface area (Å²) in [6.45, 7) is 1.31. The van der Waals surface area contributed by atoms with Crippen LogP contribution < -0.4 is 10.2 Å². The first-order valence-corrected chi connectivity index (χ1v) is 6.55. The van der Waals surface area contributed by atoms with Crippen LogP contribution in [0.3, 0.4) is 0 Å². The molecule has 0 bridgehead atoms. The number of nitrogens with one attached hydrogen (secondary N) is 1. The van der Waals surface area contributed by atoms with Crippen molar-refractivity contribution in [1.29, 1.82) is 0 Å². The van der Waals surface area contributed by atoms with E-state index in [1.54, 1.807) is 19.1 Å². The lowest BCUT2D eigenvalue weighted by atomic mass is 10.1. The van der Waals surface area contributed by atoms with Gasteiger partial charge in [-0.25, -0.2) is 0 Å². The molecule has 1 aliphatic rings. The predicted molar refractivity (Wildman–Crippen MR) is 75.0 cm³/mol. The second-order valence-electron chi connectivity index (χ2n) is 4.43. The zero-order valence-electron chi connectivity index (χ0n) is 10.2. The zero-order valence-corrected chi connectivity index (χ0v) is 11.7. The van der Waals surface area contributed by atoms with Crippen LogP contribution in [0.5, 0.6) is 0 Å². The van der Waals surface area contributed by atoms with E-state index >= 15 is 0 Å². The van der Waals surface area contributed by atoms with Gasteiger partial charge in [0.15, 0.2) is 0 Å². The van der Waals surface area contributed by atoms with Crippen LogP contribution in [0.1, 0.15) is 6.92 Å². The van der Waals surface area contributed by atoms with Gasteiger partial charge < -0.3 is 20.4 Å². The number of rotatable bonds is 3. The van der Waals surface area contributed by atoms with E-state index in [2.05, 4.69) is 5.32 Å². The van der Waals surface area contributed by atoms with Crippen LogP contribution in [0.4, 0.5) is 11.4 Å². The summed E-state index contributed by atoms with van der Waals surface area (Å²) >= 11 is 11.9. The summed E-state index contributed by atoms with van der Waals surface area (Å²) in [6.07, 6.45) is -1.00. The fourth-order valence-corrected chi connectivity index (χ4v) is 2.30. The van der Waals surface area contributed by atoms with Crippen molar-refractivity contribution in [1.82, 2.24) is 0 Å². The van der Waals surface area contributed by atoms with Crippen molar-refractivity contribution in [3.05, 3.63) is 22.2 Å². The molecule has 5 nitrogen and oxygen atoms in total. The van der Waals surface area contributed by atoms with Crippen LogP contribution >= 0.6 is 23.2 Å². The number of anilines is 2. The van der Waals surface area contributed by atoms with Gasteiger partial charge in [0.2, 0.25) is 5.91 Å². The molecule has 0 saturated carbocycles. The van der Waals surface area contributed by atoms with Crippen LogP contribution in [-0.4, -0.2) is 41.4 Å². The number of aliphatic hydroxyl groups excluding tert-OH is 2. The maximum absolute atomic E-state index is 12.1. The molecular formula is C12H14Cl2N2O3. The Bertz CT molecular complexity index is 510. The van der Waals surface area contributed by atoms with Crippen LogP contribution in [0.15, 0.2) is 12.1 Å². The Labute approximate surface area is 120 Å². The second kappa shape index (κ2) is 5.54. The molecule has 1 aromatic carbocycles. The maximum Gasteiger partial charge on any atom is 0.249 e. The van der Waals surface area contributed by atoms with E-state index in [0.717, 1.165) is 0 Å². The van der Waals surface area contributed by atoms with Crippen molar-refractivity contribution >= 4 is 40.5 Å². The summed E-state index contributed by atoms with van der Waals surface area (Å²) in [4.78, 5) is 13.5. The SMILES string of the molecule is CC1Nc2cc(Cl)c(Cl)cc2N(CC(O)CO)C1=O. The summed E-state index contributed by atoms with van der Waals surface area (Å²) in [6, 6.07) is 2.77. The molecule has 1 amide bonds.